The van der Waals surface area contributed by atoms with Crippen LogP contribution in [0.15, 0.2) is 18.2 Å². The number of nitrogens with zero attached hydrogens (tertiary/aromatic N) is 1. The number of nitro benzene ring substituents is 1. The number of carbonyl (C=O) groups is 1. The Balaban J connectivity index is 2.77. The molecular formula is C13H19N3O3. The third-order valence-electron chi connectivity index (χ3n) is 2.62. The van der Waals surface area contributed by atoms with Gasteiger partial charge in [-0.15, -0.1) is 0 Å². The molecule has 1 atom stereocenters. The molecule has 1 amide bonds. The summed E-state index contributed by atoms with van der Waals surface area (Å²) >= 11 is 0. The third-order valence-corrected chi connectivity index (χ3v) is 2.62. The molecule has 0 fully saturated rings. The zero-order valence-corrected chi connectivity index (χ0v) is 11.6. The van der Waals surface area contributed by atoms with Crippen molar-refractivity contribution in [3.63, 3.8) is 0 Å². The predicted molar refractivity (Wildman–Crippen MR) is 74.2 cm³/mol. The highest BCUT2D eigenvalue weighted by molar-refractivity contribution is 5.84. The summed E-state index contributed by atoms with van der Waals surface area (Å²) in [6.45, 7) is 7.30. The monoisotopic (exact) mass is 265 g/mol. The van der Waals surface area contributed by atoms with Crippen molar-refractivity contribution >= 4 is 17.3 Å². The van der Waals surface area contributed by atoms with Crippen LogP contribution in [0, 0.1) is 17.0 Å². The van der Waals surface area contributed by atoms with Gasteiger partial charge in [0, 0.05) is 23.9 Å². The Kier molecular flexibility index (Phi) is 4.86. The molecule has 0 heterocycles. The second-order valence-corrected chi connectivity index (χ2v) is 4.79. The number of hydrogen-bond acceptors (Lipinski definition) is 4. The van der Waals surface area contributed by atoms with Crippen LogP contribution >= 0.6 is 0 Å². The number of amides is 1. The molecule has 0 radical (unpaired) electrons. The van der Waals surface area contributed by atoms with Gasteiger partial charge in [-0.2, -0.15) is 0 Å². The number of carbonyl (C=O) groups excluding carboxylic acids is 1. The van der Waals surface area contributed by atoms with Gasteiger partial charge >= 0.3 is 0 Å². The van der Waals surface area contributed by atoms with Crippen LogP contribution in [0.3, 0.4) is 0 Å². The average Bonchev–Trinajstić information content (AvgIpc) is 2.30. The molecule has 0 saturated heterocycles. The van der Waals surface area contributed by atoms with Crippen LogP contribution in [0.25, 0.3) is 0 Å². The minimum atomic E-state index is -0.439. The van der Waals surface area contributed by atoms with E-state index in [1.54, 1.807) is 19.9 Å². The van der Waals surface area contributed by atoms with E-state index in [2.05, 4.69) is 10.6 Å². The molecule has 19 heavy (non-hydrogen) atoms. The third kappa shape index (κ3) is 4.24. The molecule has 1 rings (SSSR count). The molecule has 0 saturated carbocycles. The second kappa shape index (κ2) is 6.17. The molecule has 6 heteroatoms. The fourth-order valence-electron chi connectivity index (χ4n) is 1.63. The Hall–Kier alpha value is -2.11. The van der Waals surface area contributed by atoms with Gasteiger partial charge in [0.2, 0.25) is 5.91 Å². The highest BCUT2D eigenvalue weighted by Gasteiger charge is 2.15. The van der Waals surface area contributed by atoms with E-state index in [0.29, 0.717) is 0 Å². The number of non-ortho nitro benzene ring substituents is 1. The number of nitro groups is 1. The minimum Gasteiger partial charge on any atom is -0.374 e. The summed E-state index contributed by atoms with van der Waals surface area (Å²) in [5.74, 6) is -0.104. The van der Waals surface area contributed by atoms with E-state index in [0.717, 1.165) is 11.3 Å². The highest BCUT2D eigenvalue weighted by Crippen LogP contribution is 2.21. The maximum atomic E-state index is 11.8. The molecule has 0 spiro atoms. The molecule has 0 bridgehead atoms. The Bertz CT molecular complexity index is 486. The van der Waals surface area contributed by atoms with E-state index in [1.165, 1.54) is 12.1 Å². The highest BCUT2D eigenvalue weighted by atomic mass is 16.6. The lowest BCUT2D eigenvalue weighted by Gasteiger charge is -2.18. The van der Waals surface area contributed by atoms with Crippen molar-refractivity contribution in [1.29, 1.82) is 0 Å². The Morgan fingerprint density at radius 3 is 2.42 bits per heavy atom. The molecular weight excluding hydrogens is 246 g/mol. The first-order chi connectivity index (χ1) is 8.81. The molecule has 0 aliphatic heterocycles. The molecule has 0 aromatic heterocycles. The number of nitrogens with one attached hydrogen (secondary N) is 2. The number of aryl methyl sites for hydroxylation is 1. The summed E-state index contributed by atoms with van der Waals surface area (Å²) < 4.78 is 0. The first-order valence-corrected chi connectivity index (χ1v) is 6.13. The number of hydrogen-bond donors (Lipinski definition) is 2. The lowest BCUT2D eigenvalue weighted by Crippen LogP contribution is -2.41. The maximum Gasteiger partial charge on any atom is 0.269 e. The van der Waals surface area contributed by atoms with E-state index in [-0.39, 0.29) is 17.6 Å². The standard InChI is InChI=1S/C13H19N3O3/c1-8(2)14-13(17)10(4)15-12-6-5-11(16(18)19)7-9(12)3/h5-8,10,15H,1-4H3,(H,14,17). The van der Waals surface area contributed by atoms with Gasteiger partial charge in [0.15, 0.2) is 0 Å². The summed E-state index contributed by atoms with van der Waals surface area (Å²) in [6.07, 6.45) is 0. The van der Waals surface area contributed by atoms with Crippen LogP contribution in [-0.4, -0.2) is 22.9 Å². The summed E-state index contributed by atoms with van der Waals surface area (Å²) in [4.78, 5) is 22.0. The Morgan fingerprint density at radius 1 is 1.32 bits per heavy atom. The van der Waals surface area contributed by atoms with Crippen molar-refractivity contribution in [2.75, 3.05) is 5.32 Å². The van der Waals surface area contributed by atoms with Gasteiger partial charge in [0.05, 0.1) is 4.92 Å². The summed E-state index contributed by atoms with van der Waals surface area (Å²) in [7, 11) is 0. The van der Waals surface area contributed by atoms with Gasteiger partial charge in [0.25, 0.3) is 5.69 Å². The predicted octanol–water partition coefficient (Wildman–Crippen LogP) is 2.23. The van der Waals surface area contributed by atoms with E-state index in [1.807, 2.05) is 13.8 Å². The SMILES string of the molecule is Cc1cc([N+](=O)[O-])ccc1NC(C)C(=O)NC(C)C. The van der Waals surface area contributed by atoms with E-state index in [9.17, 15) is 14.9 Å². The van der Waals surface area contributed by atoms with Gasteiger partial charge in [-0.1, -0.05) is 0 Å². The first kappa shape index (κ1) is 14.9. The van der Waals surface area contributed by atoms with Crippen molar-refractivity contribution in [2.45, 2.75) is 39.8 Å². The second-order valence-electron chi connectivity index (χ2n) is 4.79. The van der Waals surface area contributed by atoms with Crippen LogP contribution < -0.4 is 10.6 Å². The normalized spacial score (nSPS) is 12.1. The molecule has 0 aliphatic carbocycles. The van der Waals surface area contributed by atoms with Gasteiger partial charge in [-0.05, 0) is 39.3 Å². The quantitative estimate of drug-likeness (QED) is 0.631. The average molecular weight is 265 g/mol. The molecule has 6 nitrogen and oxygen atoms in total. The van der Waals surface area contributed by atoms with Crippen LogP contribution in [-0.2, 0) is 4.79 Å². The van der Waals surface area contributed by atoms with Gasteiger partial charge in [-0.25, -0.2) is 0 Å². The topological polar surface area (TPSA) is 84.3 Å². The molecule has 1 aromatic carbocycles. The fraction of sp³-hybridized carbons (Fsp3) is 0.462. The van der Waals surface area contributed by atoms with Crippen LogP contribution in [0.1, 0.15) is 26.3 Å². The van der Waals surface area contributed by atoms with Crippen molar-refractivity contribution in [3.8, 4) is 0 Å². The molecule has 1 aromatic rings. The lowest BCUT2D eigenvalue weighted by atomic mass is 10.1. The largest absolute Gasteiger partial charge is 0.374 e. The summed E-state index contributed by atoms with van der Waals surface area (Å²) in [6, 6.07) is 4.20. The summed E-state index contributed by atoms with van der Waals surface area (Å²) in [5.41, 5.74) is 1.50. The zero-order valence-electron chi connectivity index (χ0n) is 11.6. The van der Waals surface area contributed by atoms with Crippen LogP contribution in [0.5, 0.6) is 0 Å². The van der Waals surface area contributed by atoms with E-state index in [4.69, 9.17) is 0 Å². The zero-order chi connectivity index (χ0) is 14.6. The van der Waals surface area contributed by atoms with E-state index < -0.39 is 11.0 Å². The van der Waals surface area contributed by atoms with Gasteiger partial charge in [-0.3, -0.25) is 14.9 Å². The van der Waals surface area contributed by atoms with E-state index >= 15 is 0 Å². The van der Waals surface area contributed by atoms with Crippen molar-refractivity contribution < 1.29 is 9.72 Å². The van der Waals surface area contributed by atoms with Gasteiger partial charge in [0.1, 0.15) is 6.04 Å². The Morgan fingerprint density at radius 2 is 1.95 bits per heavy atom. The van der Waals surface area contributed by atoms with Crippen molar-refractivity contribution in [2.24, 2.45) is 0 Å². The van der Waals surface area contributed by atoms with Crippen molar-refractivity contribution in [3.05, 3.63) is 33.9 Å². The smallest absolute Gasteiger partial charge is 0.269 e. The molecule has 104 valence electrons. The maximum absolute atomic E-state index is 11.8. The number of anilines is 1. The first-order valence-electron chi connectivity index (χ1n) is 6.13. The van der Waals surface area contributed by atoms with Crippen LogP contribution in [0.4, 0.5) is 11.4 Å². The number of rotatable bonds is 5. The van der Waals surface area contributed by atoms with Gasteiger partial charge < -0.3 is 10.6 Å². The lowest BCUT2D eigenvalue weighted by molar-refractivity contribution is -0.384. The van der Waals surface area contributed by atoms with Crippen LogP contribution in [0.2, 0.25) is 0 Å². The molecule has 0 aliphatic rings. The Labute approximate surface area is 112 Å². The summed E-state index contributed by atoms with van der Waals surface area (Å²) in [5, 5.41) is 16.5. The fourth-order valence-corrected chi connectivity index (χ4v) is 1.63. The molecule has 2 N–H and O–H groups in total. The molecule has 1 unspecified atom stereocenters. The number of benzene rings is 1. The minimum absolute atomic E-state index is 0.0438. The van der Waals surface area contributed by atoms with Crippen molar-refractivity contribution in [1.82, 2.24) is 5.32 Å².